The normalized spacial score (nSPS) is 22.1. The Morgan fingerprint density at radius 3 is 2.50 bits per heavy atom. The van der Waals surface area contributed by atoms with E-state index in [1.54, 1.807) is 23.1 Å². The van der Waals surface area contributed by atoms with Crippen LogP contribution in [0.2, 0.25) is 0 Å². The molecule has 2 fully saturated rings. The minimum Gasteiger partial charge on any atom is -0.483 e. The van der Waals surface area contributed by atoms with Crippen LogP contribution in [-0.2, 0) is 35.6 Å². The fourth-order valence-corrected chi connectivity index (χ4v) is 6.61. The van der Waals surface area contributed by atoms with Gasteiger partial charge in [0.05, 0.1) is 10.3 Å². The number of ether oxygens (including phenoxy) is 1. The van der Waals surface area contributed by atoms with Crippen molar-refractivity contribution in [3.05, 3.63) is 23.8 Å². The molecule has 34 heavy (non-hydrogen) atoms. The number of piperidine rings is 1. The molecule has 1 amide bonds. The lowest BCUT2D eigenvalue weighted by Crippen LogP contribution is -2.45. The molecule has 1 atom stereocenters. The lowest BCUT2D eigenvalue weighted by molar-refractivity contribution is -0.150. The Labute approximate surface area is 200 Å². The Morgan fingerprint density at radius 2 is 1.91 bits per heavy atom. The average Bonchev–Trinajstić information content (AvgIpc) is 3.06. The van der Waals surface area contributed by atoms with E-state index in [0.29, 0.717) is 45.4 Å². The number of rotatable bonds is 4. The SMILES string of the molecule is CC(=O)N1CCCc2cc(S(=O)(=O)N3CCC4(CC3)CC(CN(C)C)OC4=O)ccc21.O=CO. The van der Waals surface area contributed by atoms with Gasteiger partial charge in [-0.25, -0.2) is 8.42 Å². The largest absolute Gasteiger partial charge is 0.483 e. The number of nitrogens with zero attached hydrogens (tertiary/aromatic N) is 3. The zero-order valence-electron chi connectivity index (χ0n) is 19.9. The predicted octanol–water partition coefficient (Wildman–Crippen LogP) is 1.33. The summed E-state index contributed by atoms with van der Waals surface area (Å²) in [6.07, 6.45) is 3.06. The number of hydrogen-bond acceptors (Lipinski definition) is 7. The van der Waals surface area contributed by atoms with E-state index in [1.165, 1.54) is 11.2 Å². The van der Waals surface area contributed by atoms with Crippen LogP contribution in [0.3, 0.4) is 0 Å². The highest BCUT2D eigenvalue weighted by atomic mass is 32.2. The molecule has 3 aliphatic rings. The minimum atomic E-state index is -3.66. The van der Waals surface area contributed by atoms with Crippen LogP contribution in [0, 0.1) is 5.41 Å². The van der Waals surface area contributed by atoms with Crippen LogP contribution in [0.1, 0.15) is 38.2 Å². The molecule has 10 nitrogen and oxygen atoms in total. The Bertz CT molecular complexity index is 1030. The van der Waals surface area contributed by atoms with Crippen molar-refractivity contribution in [2.45, 2.75) is 50.0 Å². The highest BCUT2D eigenvalue weighted by molar-refractivity contribution is 7.89. The van der Waals surface area contributed by atoms with Gasteiger partial charge in [0.25, 0.3) is 6.47 Å². The van der Waals surface area contributed by atoms with E-state index >= 15 is 0 Å². The fraction of sp³-hybridized carbons (Fsp3) is 0.609. The summed E-state index contributed by atoms with van der Waals surface area (Å²) in [5.41, 5.74) is 1.13. The van der Waals surface area contributed by atoms with Crippen molar-refractivity contribution < 1.29 is 32.6 Å². The molecule has 1 aromatic rings. The fourth-order valence-electron chi connectivity index (χ4n) is 5.12. The maximum absolute atomic E-state index is 13.3. The van der Waals surface area contributed by atoms with Crippen LogP contribution >= 0.6 is 0 Å². The molecule has 3 heterocycles. The van der Waals surface area contributed by atoms with Crippen molar-refractivity contribution in [1.82, 2.24) is 9.21 Å². The second-order valence-electron chi connectivity index (χ2n) is 9.35. The van der Waals surface area contributed by atoms with Crippen molar-refractivity contribution in [2.24, 2.45) is 5.41 Å². The first kappa shape index (κ1) is 26.1. The third-order valence-corrected chi connectivity index (χ3v) is 8.66. The van der Waals surface area contributed by atoms with Gasteiger partial charge in [0.2, 0.25) is 15.9 Å². The molecule has 0 bridgehead atoms. The highest BCUT2D eigenvalue weighted by Crippen LogP contribution is 2.44. The number of likely N-dealkylation sites (N-methyl/N-ethyl adjacent to an activating group) is 1. The van der Waals surface area contributed by atoms with Crippen molar-refractivity contribution >= 4 is 34.1 Å². The van der Waals surface area contributed by atoms with Crippen LogP contribution in [0.4, 0.5) is 5.69 Å². The monoisotopic (exact) mass is 495 g/mol. The van der Waals surface area contributed by atoms with Gasteiger partial charge in [0, 0.05) is 45.2 Å². The molecular formula is C23H33N3O7S. The predicted molar refractivity (Wildman–Crippen MR) is 125 cm³/mol. The number of benzene rings is 1. The van der Waals surface area contributed by atoms with Crippen LogP contribution in [-0.4, -0.2) is 87.5 Å². The van der Waals surface area contributed by atoms with E-state index in [1.807, 2.05) is 19.0 Å². The Morgan fingerprint density at radius 1 is 1.26 bits per heavy atom. The third-order valence-electron chi connectivity index (χ3n) is 6.76. The standard InChI is InChI=1S/C22H31N3O5S.CH2O2/c1-16(26)25-10-4-5-17-13-19(6-7-20(17)25)31(28,29)24-11-8-22(9-12-24)14-18(15-23(2)3)30-21(22)27;2-1-3/h6-7,13,18H,4-5,8-12,14-15H2,1-3H3;1H,(H,2,3). The molecule has 2 saturated heterocycles. The zero-order valence-corrected chi connectivity index (χ0v) is 20.7. The quantitative estimate of drug-likeness (QED) is 0.490. The number of amides is 1. The lowest BCUT2D eigenvalue weighted by Gasteiger charge is -2.36. The van der Waals surface area contributed by atoms with Gasteiger partial charge in [-0.2, -0.15) is 4.31 Å². The second kappa shape index (κ2) is 10.4. The highest BCUT2D eigenvalue weighted by Gasteiger charge is 2.51. The van der Waals surface area contributed by atoms with Crippen LogP contribution in [0.15, 0.2) is 23.1 Å². The number of carbonyl (C=O) groups excluding carboxylic acids is 2. The van der Waals surface area contributed by atoms with Crippen LogP contribution < -0.4 is 4.90 Å². The molecule has 1 spiro atoms. The maximum atomic E-state index is 13.3. The molecule has 0 saturated carbocycles. The Kier molecular flexibility index (Phi) is 7.99. The van der Waals surface area contributed by atoms with Gasteiger partial charge in [0.1, 0.15) is 6.10 Å². The number of aryl methyl sites for hydroxylation is 1. The third kappa shape index (κ3) is 5.26. The summed E-state index contributed by atoms with van der Waals surface area (Å²) in [6.45, 7) is 3.24. The van der Waals surface area contributed by atoms with Gasteiger partial charge < -0.3 is 19.6 Å². The summed E-state index contributed by atoms with van der Waals surface area (Å²) in [5.74, 6) is -0.219. The van der Waals surface area contributed by atoms with E-state index in [-0.39, 0.29) is 29.3 Å². The molecule has 0 aliphatic carbocycles. The smallest absolute Gasteiger partial charge is 0.312 e. The summed E-state index contributed by atoms with van der Waals surface area (Å²) in [7, 11) is 0.233. The summed E-state index contributed by atoms with van der Waals surface area (Å²) < 4.78 is 33.7. The number of carboxylic acid groups (broad SMARTS) is 1. The molecular weight excluding hydrogens is 462 g/mol. The Hall–Kier alpha value is -2.50. The topological polar surface area (TPSA) is 125 Å². The molecule has 3 aliphatic heterocycles. The van der Waals surface area contributed by atoms with Crippen molar-refractivity contribution in [1.29, 1.82) is 0 Å². The van der Waals surface area contributed by atoms with Gasteiger partial charge in [-0.05, 0) is 63.5 Å². The van der Waals surface area contributed by atoms with Crippen LogP contribution in [0.25, 0.3) is 0 Å². The number of sulfonamides is 1. The van der Waals surface area contributed by atoms with E-state index in [2.05, 4.69) is 0 Å². The zero-order chi connectivity index (χ0) is 25.1. The second-order valence-corrected chi connectivity index (χ2v) is 11.3. The van der Waals surface area contributed by atoms with E-state index < -0.39 is 15.4 Å². The van der Waals surface area contributed by atoms with Crippen molar-refractivity contribution in [3.8, 4) is 0 Å². The van der Waals surface area contributed by atoms with Gasteiger partial charge in [-0.15, -0.1) is 0 Å². The summed E-state index contributed by atoms with van der Waals surface area (Å²) in [4.78, 5) is 36.8. The minimum absolute atomic E-state index is 0.0334. The molecule has 11 heteroatoms. The lowest BCUT2D eigenvalue weighted by atomic mass is 9.76. The first-order valence-electron chi connectivity index (χ1n) is 11.4. The van der Waals surface area contributed by atoms with Gasteiger partial charge in [0.15, 0.2) is 0 Å². The van der Waals surface area contributed by atoms with E-state index in [0.717, 1.165) is 24.1 Å². The number of carbonyl (C=O) groups is 3. The van der Waals surface area contributed by atoms with Gasteiger partial charge in [-0.1, -0.05) is 0 Å². The molecule has 1 unspecified atom stereocenters. The number of esters is 1. The number of hydrogen-bond donors (Lipinski definition) is 1. The average molecular weight is 496 g/mol. The first-order chi connectivity index (χ1) is 16.0. The van der Waals surface area contributed by atoms with Gasteiger partial charge in [-0.3, -0.25) is 14.4 Å². The summed E-state index contributed by atoms with van der Waals surface area (Å²) in [5, 5.41) is 6.89. The first-order valence-corrected chi connectivity index (χ1v) is 12.8. The number of cyclic esters (lactones) is 1. The Balaban J connectivity index is 0.00000103. The number of anilines is 1. The summed E-state index contributed by atoms with van der Waals surface area (Å²) in [6, 6.07) is 5.05. The van der Waals surface area contributed by atoms with Gasteiger partial charge >= 0.3 is 5.97 Å². The molecule has 0 aromatic heterocycles. The number of fused-ring (bicyclic) bond motifs is 1. The molecule has 1 N–H and O–H groups in total. The van der Waals surface area contributed by atoms with Crippen molar-refractivity contribution in [3.63, 3.8) is 0 Å². The van der Waals surface area contributed by atoms with E-state index in [9.17, 15) is 18.0 Å². The summed E-state index contributed by atoms with van der Waals surface area (Å²) >= 11 is 0. The molecule has 0 radical (unpaired) electrons. The van der Waals surface area contributed by atoms with E-state index in [4.69, 9.17) is 14.6 Å². The van der Waals surface area contributed by atoms with Crippen molar-refractivity contribution in [2.75, 3.05) is 45.2 Å². The maximum Gasteiger partial charge on any atom is 0.312 e. The molecule has 188 valence electrons. The molecule has 4 rings (SSSR count). The molecule has 1 aromatic carbocycles. The van der Waals surface area contributed by atoms with Crippen LogP contribution in [0.5, 0.6) is 0 Å².